The average molecular weight is 402 g/mol. The number of halogens is 2. The van der Waals surface area contributed by atoms with E-state index in [0.717, 1.165) is 16.7 Å². The first-order valence-electron chi connectivity index (χ1n) is 8.34. The summed E-state index contributed by atoms with van der Waals surface area (Å²) in [5, 5.41) is 1.79. The highest BCUT2D eigenvalue weighted by molar-refractivity contribution is 7.12. The molecule has 0 bridgehead atoms. The molecule has 7 heteroatoms. The molecule has 2 aromatic carbocycles. The summed E-state index contributed by atoms with van der Waals surface area (Å²) in [6, 6.07) is 14.8. The number of Topliss-reactive ketones (excluding diaryl/α,β-unsaturated/α-hetero) is 1. The van der Waals surface area contributed by atoms with Gasteiger partial charge in [-0.1, -0.05) is 29.8 Å². The van der Waals surface area contributed by atoms with Gasteiger partial charge in [-0.15, -0.1) is 11.3 Å². The molecule has 0 saturated carbocycles. The summed E-state index contributed by atoms with van der Waals surface area (Å²) in [5.74, 6) is -1.08. The second-order valence-electron chi connectivity index (χ2n) is 5.93. The van der Waals surface area contributed by atoms with Crippen LogP contribution in [0.3, 0.4) is 0 Å². The summed E-state index contributed by atoms with van der Waals surface area (Å²) in [5.41, 5.74) is 2.98. The Kier molecular flexibility index (Phi) is 6.16. The van der Waals surface area contributed by atoms with E-state index in [4.69, 9.17) is 4.74 Å². The predicted molar refractivity (Wildman–Crippen MR) is 102 cm³/mol. The lowest BCUT2D eigenvalue weighted by atomic mass is 10.1. The molecule has 3 rings (SSSR count). The van der Waals surface area contributed by atoms with Crippen LogP contribution in [0.5, 0.6) is 5.75 Å². The third-order valence-electron chi connectivity index (χ3n) is 3.95. The Morgan fingerprint density at radius 1 is 1.00 bits per heavy atom. The van der Waals surface area contributed by atoms with Gasteiger partial charge < -0.3 is 9.47 Å². The van der Waals surface area contributed by atoms with Crippen LogP contribution in [0.1, 0.15) is 25.6 Å². The molecule has 1 heterocycles. The zero-order chi connectivity index (χ0) is 20.1. The molecule has 0 saturated heterocycles. The molecule has 0 fully saturated rings. The van der Waals surface area contributed by atoms with E-state index in [2.05, 4.69) is 4.74 Å². The third kappa shape index (κ3) is 4.80. The summed E-state index contributed by atoms with van der Waals surface area (Å²) >= 11 is 1.24. The van der Waals surface area contributed by atoms with Gasteiger partial charge in [0.15, 0.2) is 12.4 Å². The zero-order valence-corrected chi connectivity index (χ0v) is 15.7. The topological polar surface area (TPSA) is 52.6 Å². The smallest absolute Gasteiger partial charge is 0.387 e. The highest BCUT2D eigenvalue weighted by Gasteiger charge is 2.18. The van der Waals surface area contributed by atoms with Gasteiger partial charge >= 0.3 is 12.6 Å². The van der Waals surface area contributed by atoms with Gasteiger partial charge in [-0.3, -0.25) is 4.79 Å². The number of ketones is 1. The Hall–Kier alpha value is -3.06. The van der Waals surface area contributed by atoms with E-state index in [1.165, 1.54) is 35.6 Å². The van der Waals surface area contributed by atoms with Crippen LogP contribution in [0.15, 0.2) is 60.0 Å². The number of alkyl halides is 2. The van der Waals surface area contributed by atoms with Crippen molar-refractivity contribution in [2.24, 2.45) is 0 Å². The third-order valence-corrected chi connectivity index (χ3v) is 4.84. The number of ether oxygens (including phenoxy) is 2. The van der Waals surface area contributed by atoms with E-state index in [-0.39, 0.29) is 11.3 Å². The summed E-state index contributed by atoms with van der Waals surface area (Å²) in [4.78, 5) is 25.0. The molecule has 1 aromatic heterocycles. The molecule has 0 radical (unpaired) electrons. The number of rotatable bonds is 7. The highest BCUT2D eigenvalue weighted by atomic mass is 32.1. The van der Waals surface area contributed by atoms with E-state index in [9.17, 15) is 18.4 Å². The molecule has 0 aliphatic carbocycles. The molecule has 28 heavy (non-hydrogen) atoms. The normalized spacial score (nSPS) is 10.7. The second kappa shape index (κ2) is 8.75. The number of aryl methyl sites for hydroxylation is 1. The van der Waals surface area contributed by atoms with Gasteiger partial charge in [0.25, 0.3) is 0 Å². The number of hydrogen-bond donors (Lipinski definition) is 0. The van der Waals surface area contributed by atoms with Crippen molar-refractivity contribution < 1.29 is 27.8 Å². The average Bonchev–Trinajstić information content (AvgIpc) is 3.16. The van der Waals surface area contributed by atoms with Crippen molar-refractivity contribution >= 4 is 23.1 Å². The Morgan fingerprint density at radius 2 is 1.68 bits per heavy atom. The molecule has 0 N–H and O–H groups in total. The van der Waals surface area contributed by atoms with Gasteiger partial charge in [-0.05, 0) is 48.2 Å². The van der Waals surface area contributed by atoms with Crippen molar-refractivity contribution in [1.82, 2.24) is 0 Å². The Morgan fingerprint density at radius 3 is 2.32 bits per heavy atom. The molecule has 0 amide bonds. The van der Waals surface area contributed by atoms with Crippen molar-refractivity contribution in [2.75, 3.05) is 6.61 Å². The van der Waals surface area contributed by atoms with Crippen molar-refractivity contribution in [3.8, 4) is 16.9 Å². The van der Waals surface area contributed by atoms with E-state index in [0.29, 0.717) is 4.88 Å². The first-order valence-corrected chi connectivity index (χ1v) is 9.22. The minimum atomic E-state index is -2.93. The molecule has 3 aromatic rings. The Labute approximate surface area is 164 Å². The molecule has 0 atom stereocenters. The largest absolute Gasteiger partial charge is 0.453 e. The van der Waals surface area contributed by atoms with Gasteiger partial charge in [0, 0.05) is 11.1 Å². The van der Waals surface area contributed by atoms with Crippen LogP contribution in [-0.2, 0) is 4.74 Å². The minimum Gasteiger partial charge on any atom is -0.453 e. The molecule has 0 aliphatic heterocycles. The quantitative estimate of drug-likeness (QED) is 0.394. The molecule has 0 unspecified atom stereocenters. The number of benzene rings is 2. The number of hydrogen-bond acceptors (Lipinski definition) is 5. The predicted octanol–water partition coefficient (Wildman–Crippen LogP) is 5.36. The van der Waals surface area contributed by atoms with Crippen LogP contribution in [0, 0.1) is 6.92 Å². The van der Waals surface area contributed by atoms with Crippen molar-refractivity contribution in [3.05, 3.63) is 76.0 Å². The van der Waals surface area contributed by atoms with E-state index in [1.54, 1.807) is 5.38 Å². The summed E-state index contributed by atoms with van der Waals surface area (Å²) < 4.78 is 33.7. The van der Waals surface area contributed by atoms with Gasteiger partial charge in [0.2, 0.25) is 0 Å². The maximum Gasteiger partial charge on any atom is 0.387 e. The van der Waals surface area contributed by atoms with Crippen LogP contribution in [0.2, 0.25) is 0 Å². The number of thiophene rings is 1. The fourth-order valence-corrected chi connectivity index (χ4v) is 3.34. The van der Waals surface area contributed by atoms with Crippen LogP contribution in [0.4, 0.5) is 8.78 Å². The Bertz CT molecular complexity index is 963. The SMILES string of the molecule is Cc1ccc(-c2ccsc2C(=O)OCC(=O)c2ccc(OC(F)F)cc2)cc1. The minimum absolute atomic E-state index is 0.0510. The molecule has 0 spiro atoms. The standard InChI is InChI=1S/C21H16F2O4S/c1-13-2-4-14(5-3-13)17-10-11-28-19(17)20(25)26-12-18(24)15-6-8-16(9-7-15)27-21(22)23/h2-11,21H,12H2,1H3. The summed E-state index contributed by atoms with van der Waals surface area (Å²) in [6.07, 6.45) is 0. The van der Waals surface area contributed by atoms with E-state index in [1.807, 2.05) is 37.3 Å². The van der Waals surface area contributed by atoms with Crippen LogP contribution in [-0.4, -0.2) is 25.0 Å². The highest BCUT2D eigenvalue weighted by Crippen LogP contribution is 2.29. The lowest BCUT2D eigenvalue weighted by Gasteiger charge is -2.07. The van der Waals surface area contributed by atoms with Gasteiger partial charge in [-0.2, -0.15) is 8.78 Å². The molecule has 0 aliphatic rings. The van der Waals surface area contributed by atoms with Gasteiger partial charge in [0.1, 0.15) is 10.6 Å². The van der Waals surface area contributed by atoms with E-state index < -0.39 is 25.0 Å². The molecular formula is C21H16F2O4S. The fraction of sp³-hybridized carbons (Fsp3) is 0.143. The van der Waals surface area contributed by atoms with E-state index >= 15 is 0 Å². The fourth-order valence-electron chi connectivity index (χ4n) is 2.53. The van der Waals surface area contributed by atoms with Crippen molar-refractivity contribution in [3.63, 3.8) is 0 Å². The zero-order valence-electron chi connectivity index (χ0n) is 14.9. The van der Waals surface area contributed by atoms with Crippen molar-refractivity contribution in [1.29, 1.82) is 0 Å². The molecule has 4 nitrogen and oxygen atoms in total. The number of esters is 1. The number of carbonyl (C=O) groups excluding carboxylic acids is 2. The summed E-state index contributed by atoms with van der Waals surface area (Å²) in [6.45, 7) is -1.40. The van der Waals surface area contributed by atoms with Crippen LogP contribution in [0.25, 0.3) is 11.1 Å². The monoisotopic (exact) mass is 402 g/mol. The first kappa shape index (κ1) is 19.7. The maximum atomic E-state index is 12.4. The van der Waals surface area contributed by atoms with Crippen LogP contribution >= 0.6 is 11.3 Å². The lowest BCUT2D eigenvalue weighted by Crippen LogP contribution is -2.14. The van der Waals surface area contributed by atoms with Gasteiger partial charge in [-0.25, -0.2) is 4.79 Å². The number of carbonyl (C=O) groups is 2. The summed E-state index contributed by atoms with van der Waals surface area (Å²) in [7, 11) is 0. The molecular weight excluding hydrogens is 386 g/mol. The molecule has 144 valence electrons. The van der Waals surface area contributed by atoms with Gasteiger partial charge in [0.05, 0.1) is 0 Å². The second-order valence-corrected chi connectivity index (χ2v) is 6.85. The first-order chi connectivity index (χ1) is 13.4. The van der Waals surface area contributed by atoms with Crippen LogP contribution < -0.4 is 4.74 Å². The van der Waals surface area contributed by atoms with Crippen molar-refractivity contribution in [2.45, 2.75) is 13.5 Å². The Balaban J connectivity index is 1.64. The lowest BCUT2D eigenvalue weighted by molar-refractivity contribution is -0.0498. The maximum absolute atomic E-state index is 12.4.